The second kappa shape index (κ2) is 6.84. The van der Waals surface area contributed by atoms with E-state index in [1.54, 1.807) is 6.33 Å². The van der Waals surface area contributed by atoms with Gasteiger partial charge >= 0.3 is 0 Å². The molecule has 0 atom stereocenters. The largest absolute Gasteiger partial charge is 0.235 e. The van der Waals surface area contributed by atoms with Crippen molar-refractivity contribution in [2.45, 2.75) is 40.0 Å². The Morgan fingerprint density at radius 3 is 2.34 bits per heavy atom. The van der Waals surface area contributed by atoms with Gasteiger partial charge in [0.25, 0.3) is 0 Å². The molecule has 0 radical (unpaired) electrons. The quantitative estimate of drug-likeness (QED) is 0.249. The van der Waals surface area contributed by atoms with Crippen LogP contribution in [0.25, 0.3) is 52.4 Å². The van der Waals surface area contributed by atoms with E-state index in [4.69, 9.17) is 9.97 Å². The lowest BCUT2D eigenvalue weighted by Crippen LogP contribution is -2.12. The van der Waals surface area contributed by atoms with Gasteiger partial charge < -0.3 is 0 Å². The van der Waals surface area contributed by atoms with Crippen molar-refractivity contribution in [2.24, 2.45) is 0 Å². The molecule has 2 nitrogen and oxygen atoms in total. The van der Waals surface area contributed by atoms with Crippen molar-refractivity contribution in [3.63, 3.8) is 0 Å². The van der Waals surface area contributed by atoms with Gasteiger partial charge in [-0.15, -0.1) is 22.7 Å². The first-order chi connectivity index (χ1) is 15.3. The van der Waals surface area contributed by atoms with Gasteiger partial charge in [-0.25, -0.2) is 9.97 Å². The van der Waals surface area contributed by atoms with E-state index in [1.165, 1.54) is 57.2 Å². The fraction of sp³-hybridized carbons (Fsp3) is 0.214. The summed E-state index contributed by atoms with van der Waals surface area (Å²) in [5.41, 5.74) is 6.04. The van der Waals surface area contributed by atoms with E-state index in [0.29, 0.717) is 0 Å². The monoisotopic (exact) mass is 452 g/mol. The van der Waals surface area contributed by atoms with E-state index in [1.807, 2.05) is 22.7 Å². The molecule has 6 aromatic rings. The molecule has 32 heavy (non-hydrogen) atoms. The molecule has 0 fully saturated rings. The summed E-state index contributed by atoms with van der Waals surface area (Å²) in [6.45, 7) is 11.3. The molecule has 0 unspecified atom stereocenters. The number of hydrogen-bond acceptors (Lipinski definition) is 4. The normalized spacial score (nSPS) is 12.5. The molecule has 3 aromatic heterocycles. The maximum absolute atomic E-state index is 4.79. The van der Waals surface area contributed by atoms with Gasteiger partial charge in [0.15, 0.2) is 0 Å². The molecule has 0 aliphatic carbocycles. The zero-order valence-electron chi connectivity index (χ0n) is 18.9. The Morgan fingerprint density at radius 1 is 0.781 bits per heavy atom. The first-order valence-corrected chi connectivity index (χ1v) is 12.5. The molecule has 158 valence electrons. The average molecular weight is 453 g/mol. The van der Waals surface area contributed by atoms with Crippen molar-refractivity contribution in [3.05, 3.63) is 70.9 Å². The molecule has 0 aliphatic rings. The predicted molar refractivity (Wildman–Crippen MR) is 141 cm³/mol. The SMILES string of the molecule is Cc1sc2cc3c(cc2c1C)sc1c(-c2cc(C(C)(C)C)c4ccccc4c2)ncnc13. The van der Waals surface area contributed by atoms with Crippen molar-refractivity contribution in [1.29, 1.82) is 0 Å². The highest BCUT2D eigenvalue weighted by Crippen LogP contribution is 2.43. The first kappa shape index (κ1) is 19.8. The topological polar surface area (TPSA) is 25.8 Å². The molecule has 0 aliphatic heterocycles. The zero-order chi connectivity index (χ0) is 22.2. The lowest BCUT2D eigenvalue weighted by atomic mass is 9.82. The lowest BCUT2D eigenvalue weighted by molar-refractivity contribution is 0.596. The number of thiophene rings is 2. The molecule has 0 N–H and O–H groups in total. The van der Waals surface area contributed by atoms with E-state index < -0.39 is 0 Å². The third kappa shape index (κ3) is 2.90. The van der Waals surface area contributed by atoms with Crippen molar-refractivity contribution >= 4 is 63.8 Å². The highest BCUT2D eigenvalue weighted by molar-refractivity contribution is 7.26. The minimum Gasteiger partial charge on any atom is -0.235 e. The molecule has 3 aromatic carbocycles. The highest BCUT2D eigenvalue weighted by atomic mass is 32.1. The molecule has 0 amide bonds. The van der Waals surface area contributed by atoms with Crippen LogP contribution in [0, 0.1) is 13.8 Å². The van der Waals surface area contributed by atoms with E-state index in [9.17, 15) is 0 Å². The third-order valence-corrected chi connectivity index (χ3v) is 8.81. The first-order valence-electron chi connectivity index (χ1n) is 10.9. The average Bonchev–Trinajstić information content (AvgIpc) is 3.27. The van der Waals surface area contributed by atoms with Crippen LogP contribution in [0.1, 0.15) is 36.8 Å². The Hall–Kier alpha value is -2.82. The summed E-state index contributed by atoms with van der Waals surface area (Å²) in [5.74, 6) is 0. The molecular weight excluding hydrogens is 428 g/mol. The molecular formula is C28H24N2S2. The van der Waals surface area contributed by atoms with Crippen LogP contribution in [-0.2, 0) is 5.41 Å². The van der Waals surface area contributed by atoms with E-state index in [-0.39, 0.29) is 5.41 Å². The Labute approximate surface area is 195 Å². The molecule has 0 spiro atoms. The van der Waals surface area contributed by atoms with Gasteiger partial charge in [0.05, 0.1) is 15.9 Å². The van der Waals surface area contributed by atoms with Gasteiger partial charge in [-0.1, -0.05) is 45.0 Å². The second-order valence-electron chi connectivity index (χ2n) is 9.62. The van der Waals surface area contributed by atoms with Crippen molar-refractivity contribution in [1.82, 2.24) is 9.97 Å². The Balaban J connectivity index is 1.67. The van der Waals surface area contributed by atoms with Crippen LogP contribution in [-0.4, -0.2) is 9.97 Å². The molecule has 0 saturated heterocycles. The maximum atomic E-state index is 4.79. The van der Waals surface area contributed by atoms with Crippen LogP contribution in [0.15, 0.2) is 54.9 Å². The highest BCUT2D eigenvalue weighted by Gasteiger charge is 2.21. The second-order valence-corrected chi connectivity index (χ2v) is 11.9. The summed E-state index contributed by atoms with van der Waals surface area (Å²) >= 11 is 3.69. The van der Waals surface area contributed by atoms with Crippen LogP contribution < -0.4 is 0 Å². The van der Waals surface area contributed by atoms with Crippen molar-refractivity contribution in [2.75, 3.05) is 0 Å². The predicted octanol–water partition coefficient (Wildman–Crippen LogP) is 8.79. The van der Waals surface area contributed by atoms with Gasteiger partial charge in [0.2, 0.25) is 0 Å². The number of benzene rings is 3. The van der Waals surface area contributed by atoms with E-state index >= 15 is 0 Å². The van der Waals surface area contributed by atoms with Crippen LogP contribution in [0.5, 0.6) is 0 Å². The maximum Gasteiger partial charge on any atom is 0.116 e. The lowest BCUT2D eigenvalue weighted by Gasteiger charge is -2.22. The molecule has 3 heterocycles. The van der Waals surface area contributed by atoms with E-state index in [2.05, 4.69) is 83.1 Å². The Morgan fingerprint density at radius 2 is 1.53 bits per heavy atom. The summed E-state index contributed by atoms with van der Waals surface area (Å²) < 4.78 is 3.80. The molecule has 6 rings (SSSR count). The minimum absolute atomic E-state index is 0.0433. The smallest absolute Gasteiger partial charge is 0.116 e. The number of aryl methyl sites for hydroxylation is 2. The fourth-order valence-corrected chi connectivity index (χ4v) is 6.96. The number of aromatic nitrogens is 2. The van der Waals surface area contributed by atoms with Gasteiger partial charge in [0.1, 0.15) is 6.33 Å². The van der Waals surface area contributed by atoms with Crippen molar-refractivity contribution < 1.29 is 0 Å². The van der Waals surface area contributed by atoms with Crippen molar-refractivity contribution in [3.8, 4) is 11.3 Å². The Bertz CT molecular complexity index is 1680. The summed E-state index contributed by atoms with van der Waals surface area (Å²) in [5, 5.41) is 5.17. The number of rotatable bonds is 1. The standard InChI is InChI=1S/C28H24N2S2/c1-15-16(2)31-23-13-21-24(12-20(15)23)32-27-25(29-14-30-26(21)27)18-10-17-8-6-7-9-19(17)22(11-18)28(3,4)5/h6-14H,1-5H3. The Kier molecular flexibility index (Phi) is 4.24. The van der Waals surface area contributed by atoms with Gasteiger partial charge in [-0.3, -0.25) is 0 Å². The summed E-state index contributed by atoms with van der Waals surface area (Å²) in [7, 11) is 0. The van der Waals surface area contributed by atoms with Gasteiger partial charge in [-0.05, 0) is 70.8 Å². The van der Waals surface area contributed by atoms with E-state index in [0.717, 1.165) is 11.2 Å². The number of fused-ring (bicyclic) bond motifs is 5. The summed E-state index contributed by atoms with van der Waals surface area (Å²) in [4.78, 5) is 10.9. The van der Waals surface area contributed by atoms with Gasteiger partial charge in [0, 0.05) is 25.2 Å². The minimum atomic E-state index is 0.0433. The number of nitrogens with zero attached hydrogens (tertiary/aromatic N) is 2. The van der Waals surface area contributed by atoms with Crippen LogP contribution in [0.2, 0.25) is 0 Å². The molecule has 4 heteroatoms. The van der Waals surface area contributed by atoms with Crippen LogP contribution >= 0.6 is 22.7 Å². The zero-order valence-corrected chi connectivity index (χ0v) is 20.5. The molecule has 0 bridgehead atoms. The summed E-state index contributed by atoms with van der Waals surface area (Å²) in [6, 6.07) is 18.0. The number of hydrogen-bond donors (Lipinski definition) is 0. The van der Waals surface area contributed by atoms with Crippen LogP contribution in [0.3, 0.4) is 0 Å². The fourth-order valence-electron chi connectivity index (χ4n) is 4.68. The van der Waals surface area contributed by atoms with Gasteiger partial charge in [-0.2, -0.15) is 0 Å². The third-order valence-electron chi connectivity index (χ3n) is 6.49. The molecule has 0 saturated carbocycles. The van der Waals surface area contributed by atoms with Crippen LogP contribution in [0.4, 0.5) is 0 Å². The summed E-state index contributed by atoms with van der Waals surface area (Å²) in [6.07, 6.45) is 1.73.